The van der Waals surface area contributed by atoms with Crippen LogP contribution in [0.25, 0.3) is 11.0 Å². The van der Waals surface area contributed by atoms with E-state index in [-0.39, 0.29) is 29.6 Å². The van der Waals surface area contributed by atoms with Gasteiger partial charge in [-0.15, -0.1) is 0 Å². The molecule has 1 aromatic heterocycles. The molecule has 2 amide bonds. The minimum atomic E-state index is -0.354. The van der Waals surface area contributed by atoms with E-state index in [1.54, 1.807) is 23.1 Å². The summed E-state index contributed by atoms with van der Waals surface area (Å²) in [5.41, 5.74) is 2.06. The van der Waals surface area contributed by atoms with Gasteiger partial charge >= 0.3 is 0 Å². The Bertz CT molecular complexity index is 1080. The van der Waals surface area contributed by atoms with Crippen molar-refractivity contribution >= 4 is 22.8 Å². The van der Waals surface area contributed by atoms with Crippen molar-refractivity contribution in [2.24, 2.45) is 5.92 Å². The summed E-state index contributed by atoms with van der Waals surface area (Å²) in [6.45, 7) is 4.77. The van der Waals surface area contributed by atoms with Crippen LogP contribution < -0.4 is 5.32 Å². The van der Waals surface area contributed by atoms with Crippen LogP contribution in [-0.2, 0) is 4.79 Å². The first-order chi connectivity index (χ1) is 14.4. The molecule has 4 rings (SSSR count). The average Bonchev–Trinajstić information content (AvgIpc) is 3.10. The number of hydrogen-bond acceptors (Lipinski definition) is 3. The number of likely N-dealkylation sites (tertiary alicyclic amines) is 1. The first kappa shape index (κ1) is 20.1. The molecule has 1 aliphatic rings. The number of piperidine rings is 1. The van der Waals surface area contributed by atoms with Crippen molar-refractivity contribution in [2.75, 3.05) is 13.1 Å². The summed E-state index contributed by atoms with van der Waals surface area (Å²) in [5, 5.41) is 3.73. The lowest BCUT2D eigenvalue weighted by Crippen LogP contribution is -2.45. The highest BCUT2D eigenvalue weighted by Crippen LogP contribution is 2.30. The summed E-state index contributed by atoms with van der Waals surface area (Å²) in [7, 11) is 0. The summed E-state index contributed by atoms with van der Waals surface area (Å²) >= 11 is 0. The van der Waals surface area contributed by atoms with Gasteiger partial charge in [0.2, 0.25) is 5.91 Å². The molecule has 1 aliphatic heterocycles. The summed E-state index contributed by atoms with van der Waals surface area (Å²) in [6.07, 6.45) is 1.52. The fourth-order valence-electron chi connectivity index (χ4n) is 4.16. The predicted molar refractivity (Wildman–Crippen MR) is 113 cm³/mol. The first-order valence-electron chi connectivity index (χ1n) is 10.3. The highest BCUT2D eigenvalue weighted by Gasteiger charge is 2.30. The summed E-state index contributed by atoms with van der Waals surface area (Å²) in [4.78, 5) is 27.4. The van der Waals surface area contributed by atoms with Crippen molar-refractivity contribution in [1.29, 1.82) is 0 Å². The molecule has 5 nitrogen and oxygen atoms in total. The average molecular weight is 408 g/mol. The SMILES string of the molecule is Cc1c(C(C)NC(=O)C2CCCN(C(=O)c3ccccc3)C2)oc2ccc(F)cc12. The molecular formula is C24H25FN2O3. The van der Waals surface area contributed by atoms with Gasteiger partial charge < -0.3 is 14.6 Å². The van der Waals surface area contributed by atoms with E-state index in [1.165, 1.54) is 12.1 Å². The molecule has 0 saturated carbocycles. The molecule has 156 valence electrons. The Balaban J connectivity index is 1.44. The van der Waals surface area contributed by atoms with Gasteiger partial charge in [-0.3, -0.25) is 9.59 Å². The van der Waals surface area contributed by atoms with E-state index < -0.39 is 0 Å². The third kappa shape index (κ3) is 3.95. The van der Waals surface area contributed by atoms with Crippen molar-refractivity contribution < 1.29 is 18.4 Å². The number of halogens is 1. The molecule has 0 bridgehead atoms. The number of nitrogens with one attached hydrogen (secondary N) is 1. The Morgan fingerprint density at radius 2 is 1.97 bits per heavy atom. The lowest BCUT2D eigenvalue weighted by atomic mass is 9.96. The van der Waals surface area contributed by atoms with Gasteiger partial charge in [0.1, 0.15) is 17.2 Å². The minimum Gasteiger partial charge on any atom is -0.459 e. The zero-order valence-electron chi connectivity index (χ0n) is 17.2. The molecule has 0 spiro atoms. The van der Waals surface area contributed by atoms with E-state index in [1.807, 2.05) is 32.0 Å². The first-order valence-corrected chi connectivity index (χ1v) is 10.3. The Hall–Kier alpha value is -3.15. The van der Waals surface area contributed by atoms with Gasteiger partial charge in [-0.05, 0) is 57.0 Å². The maximum Gasteiger partial charge on any atom is 0.253 e. The van der Waals surface area contributed by atoms with Crippen LogP contribution in [0.4, 0.5) is 4.39 Å². The molecule has 0 radical (unpaired) electrons. The lowest BCUT2D eigenvalue weighted by molar-refractivity contribution is -0.127. The van der Waals surface area contributed by atoms with E-state index in [0.717, 1.165) is 18.4 Å². The molecule has 6 heteroatoms. The normalized spacial score (nSPS) is 17.7. The number of benzene rings is 2. The largest absolute Gasteiger partial charge is 0.459 e. The monoisotopic (exact) mass is 408 g/mol. The number of fused-ring (bicyclic) bond motifs is 1. The third-order valence-corrected chi connectivity index (χ3v) is 5.79. The topological polar surface area (TPSA) is 62.6 Å². The van der Waals surface area contributed by atoms with Crippen molar-refractivity contribution in [3.05, 3.63) is 71.2 Å². The summed E-state index contributed by atoms with van der Waals surface area (Å²) in [6, 6.07) is 13.2. The fraction of sp³-hybridized carbons (Fsp3) is 0.333. The molecule has 1 fully saturated rings. The van der Waals surface area contributed by atoms with Crippen molar-refractivity contribution in [3.8, 4) is 0 Å². The third-order valence-electron chi connectivity index (χ3n) is 5.79. The standard InChI is InChI=1S/C24H25FN2O3/c1-15-20-13-19(25)10-11-21(20)30-22(15)16(2)26-23(28)18-9-6-12-27(14-18)24(29)17-7-4-3-5-8-17/h3-5,7-8,10-11,13,16,18H,6,9,12,14H2,1-2H3,(H,26,28). The minimum absolute atomic E-state index is 0.0451. The van der Waals surface area contributed by atoms with Crippen LogP contribution in [0.5, 0.6) is 0 Å². The second kappa shape index (κ2) is 8.30. The van der Waals surface area contributed by atoms with Crippen LogP contribution in [0.1, 0.15) is 47.5 Å². The number of aryl methyl sites for hydroxylation is 1. The fourth-order valence-corrected chi connectivity index (χ4v) is 4.16. The van der Waals surface area contributed by atoms with Gasteiger partial charge in [-0.1, -0.05) is 18.2 Å². The van der Waals surface area contributed by atoms with E-state index in [2.05, 4.69) is 5.32 Å². The zero-order valence-corrected chi connectivity index (χ0v) is 17.2. The van der Waals surface area contributed by atoms with Crippen molar-refractivity contribution in [3.63, 3.8) is 0 Å². The van der Waals surface area contributed by atoms with E-state index in [4.69, 9.17) is 4.42 Å². The molecule has 2 heterocycles. The van der Waals surface area contributed by atoms with Gasteiger partial charge in [0.05, 0.1) is 12.0 Å². The number of nitrogens with zero attached hydrogens (tertiary/aromatic N) is 1. The molecule has 2 aromatic carbocycles. The number of amides is 2. The van der Waals surface area contributed by atoms with Crippen LogP contribution in [0.15, 0.2) is 52.9 Å². The number of carbonyl (C=O) groups excluding carboxylic acids is 2. The Morgan fingerprint density at radius 3 is 2.73 bits per heavy atom. The summed E-state index contributed by atoms with van der Waals surface area (Å²) < 4.78 is 19.4. The molecule has 0 aliphatic carbocycles. The molecule has 1 N–H and O–H groups in total. The van der Waals surface area contributed by atoms with Crippen LogP contribution in [0.3, 0.4) is 0 Å². The second-order valence-corrected chi connectivity index (χ2v) is 7.92. The van der Waals surface area contributed by atoms with Crippen LogP contribution in [-0.4, -0.2) is 29.8 Å². The molecule has 3 aromatic rings. The Labute approximate surface area is 174 Å². The zero-order chi connectivity index (χ0) is 21.3. The molecule has 1 saturated heterocycles. The molecule has 2 unspecified atom stereocenters. The molecule has 30 heavy (non-hydrogen) atoms. The quantitative estimate of drug-likeness (QED) is 0.686. The number of hydrogen-bond donors (Lipinski definition) is 1. The Morgan fingerprint density at radius 1 is 1.20 bits per heavy atom. The highest BCUT2D eigenvalue weighted by molar-refractivity contribution is 5.94. The number of furan rings is 1. The van der Waals surface area contributed by atoms with Crippen LogP contribution in [0.2, 0.25) is 0 Å². The Kier molecular flexibility index (Phi) is 5.57. The highest BCUT2D eigenvalue weighted by atomic mass is 19.1. The van der Waals surface area contributed by atoms with Crippen molar-refractivity contribution in [2.45, 2.75) is 32.7 Å². The van der Waals surface area contributed by atoms with Crippen molar-refractivity contribution in [1.82, 2.24) is 10.2 Å². The van der Waals surface area contributed by atoms with Gasteiger partial charge in [0, 0.05) is 29.6 Å². The van der Waals surface area contributed by atoms with Crippen LogP contribution in [0, 0.1) is 18.7 Å². The maximum absolute atomic E-state index is 13.6. The molecular weight excluding hydrogens is 383 g/mol. The lowest BCUT2D eigenvalue weighted by Gasteiger charge is -2.32. The van der Waals surface area contributed by atoms with E-state index >= 15 is 0 Å². The van der Waals surface area contributed by atoms with Crippen LogP contribution >= 0.6 is 0 Å². The van der Waals surface area contributed by atoms with Gasteiger partial charge in [-0.2, -0.15) is 0 Å². The summed E-state index contributed by atoms with van der Waals surface area (Å²) in [5.74, 6) is -0.108. The number of carbonyl (C=O) groups is 2. The van der Waals surface area contributed by atoms with Gasteiger partial charge in [0.25, 0.3) is 5.91 Å². The molecule has 2 atom stereocenters. The van der Waals surface area contributed by atoms with Gasteiger partial charge in [0.15, 0.2) is 0 Å². The maximum atomic E-state index is 13.6. The predicted octanol–water partition coefficient (Wildman–Crippen LogP) is 4.61. The second-order valence-electron chi connectivity index (χ2n) is 7.92. The van der Waals surface area contributed by atoms with Gasteiger partial charge in [-0.25, -0.2) is 4.39 Å². The smallest absolute Gasteiger partial charge is 0.253 e. The number of rotatable bonds is 4. The van der Waals surface area contributed by atoms with E-state index in [0.29, 0.717) is 35.4 Å². The van der Waals surface area contributed by atoms with E-state index in [9.17, 15) is 14.0 Å².